The molecule has 5 nitrogen and oxygen atoms in total. The molecule has 2 amide bonds. The number of nitrogens with one attached hydrogen (secondary N) is 1. The predicted molar refractivity (Wildman–Crippen MR) is 163 cm³/mol. The van der Waals surface area contributed by atoms with Crippen LogP contribution < -0.4 is 0 Å². The molecule has 1 heterocycles. The number of unbranched alkanes of at least 4 members (excludes halogenated alkanes) is 1. The Morgan fingerprint density at radius 2 is 1.50 bits per heavy atom. The molecule has 0 atom stereocenters. The van der Waals surface area contributed by atoms with Crippen molar-refractivity contribution in [3.63, 3.8) is 0 Å². The van der Waals surface area contributed by atoms with Gasteiger partial charge in [-0.1, -0.05) is 97.8 Å². The van der Waals surface area contributed by atoms with Crippen LogP contribution in [0.2, 0.25) is 0 Å². The number of fused-ring (bicyclic) bond motifs is 2. The maximum absolute atomic E-state index is 13.9. The lowest BCUT2D eigenvalue weighted by atomic mass is 10.0. The molecule has 0 bridgehead atoms. The number of H-pyrrole nitrogens is 1. The average Bonchev–Trinajstić information content (AvgIpc) is 3.40. The van der Waals surface area contributed by atoms with Gasteiger partial charge in [-0.05, 0) is 53.8 Å². The van der Waals surface area contributed by atoms with Crippen molar-refractivity contribution in [2.45, 2.75) is 39.7 Å². The Hall–Kier alpha value is -4.38. The molecule has 0 fully saturated rings. The van der Waals surface area contributed by atoms with Crippen LogP contribution in [0, 0.1) is 6.92 Å². The highest BCUT2D eigenvalue weighted by Crippen LogP contribution is 2.22. The molecule has 1 N–H and O–H groups in total. The van der Waals surface area contributed by atoms with Crippen LogP contribution in [0.3, 0.4) is 0 Å². The number of hydrogen-bond donors (Lipinski definition) is 1. The molecule has 0 saturated heterocycles. The lowest BCUT2D eigenvalue weighted by molar-refractivity contribution is -0.132. The fourth-order valence-corrected chi connectivity index (χ4v) is 5.25. The van der Waals surface area contributed by atoms with Crippen LogP contribution in [0.15, 0.2) is 97.2 Å². The maximum Gasteiger partial charge on any atom is 0.254 e. The van der Waals surface area contributed by atoms with Gasteiger partial charge < -0.3 is 14.8 Å². The van der Waals surface area contributed by atoms with Crippen molar-refractivity contribution in [3.8, 4) is 0 Å². The molecule has 4 aromatic carbocycles. The topological polar surface area (TPSA) is 56.4 Å². The van der Waals surface area contributed by atoms with Crippen molar-refractivity contribution in [2.24, 2.45) is 0 Å². The van der Waals surface area contributed by atoms with Crippen LogP contribution in [0.5, 0.6) is 0 Å². The van der Waals surface area contributed by atoms with E-state index in [2.05, 4.69) is 55.2 Å². The first-order chi connectivity index (χ1) is 19.5. The van der Waals surface area contributed by atoms with Gasteiger partial charge in [0, 0.05) is 42.3 Å². The lowest BCUT2D eigenvalue weighted by Gasteiger charge is -2.28. The minimum absolute atomic E-state index is 0.0369. The zero-order chi connectivity index (χ0) is 27.9. The molecule has 0 aliphatic heterocycles. The van der Waals surface area contributed by atoms with E-state index in [1.54, 1.807) is 4.90 Å². The summed E-state index contributed by atoms with van der Waals surface area (Å²) in [5, 5.41) is 3.12. The van der Waals surface area contributed by atoms with Gasteiger partial charge in [-0.25, -0.2) is 0 Å². The third-order valence-corrected chi connectivity index (χ3v) is 7.59. The molecule has 5 aromatic rings. The number of benzene rings is 4. The van der Waals surface area contributed by atoms with Crippen molar-refractivity contribution in [3.05, 3.63) is 119 Å². The molecule has 0 saturated carbocycles. The number of aryl methyl sites for hydroxylation is 1. The number of carbonyl (C=O) groups is 2. The first-order valence-electron chi connectivity index (χ1n) is 14.2. The van der Waals surface area contributed by atoms with Gasteiger partial charge in [0.15, 0.2) is 0 Å². The summed E-state index contributed by atoms with van der Waals surface area (Å²) in [5.41, 5.74) is 5.20. The minimum Gasteiger partial charge on any atom is -0.361 e. The van der Waals surface area contributed by atoms with E-state index in [0.717, 1.165) is 41.1 Å². The fourth-order valence-electron chi connectivity index (χ4n) is 5.25. The second-order valence-corrected chi connectivity index (χ2v) is 10.5. The first kappa shape index (κ1) is 27.2. The smallest absolute Gasteiger partial charge is 0.254 e. The molecule has 5 heteroatoms. The van der Waals surface area contributed by atoms with Gasteiger partial charge in [0.05, 0.1) is 0 Å². The van der Waals surface area contributed by atoms with E-state index in [4.69, 9.17) is 0 Å². The van der Waals surface area contributed by atoms with Crippen molar-refractivity contribution < 1.29 is 9.59 Å². The molecule has 1 aromatic heterocycles. The van der Waals surface area contributed by atoms with Gasteiger partial charge in [-0.2, -0.15) is 0 Å². The highest BCUT2D eigenvalue weighted by atomic mass is 16.2. The van der Waals surface area contributed by atoms with Crippen LogP contribution >= 0.6 is 0 Å². The van der Waals surface area contributed by atoms with Gasteiger partial charge in [-0.3, -0.25) is 9.59 Å². The molecule has 5 rings (SSSR count). The van der Waals surface area contributed by atoms with E-state index in [9.17, 15) is 9.59 Å². The second kappa shape index (κ2) is 12.6. The average molecular weight is 532 g/mol. The molecule has 0 unspecified atom stereocenters. The second-order valence-electron chi connectivity index (χ2n) is 10.5. The number of hydrogen-bond acceptors (Lipinski definition) is 2. The molecular formula is C35H37N3O2. The highest BCUT2D eigenvalue weighted by Gasteiger charge is 2.24. The predicted octanol–water partition coefficient (Wildman–Crippen LogP) is 7.14. The van der Waals surface area contributed by atoms with Crippen molar-refractivity contribution in [1.82, 2.24) is 14.8 Å². The molecule has 40 heavy (non-hydrogen) atoms. The molecule has 0 spiro atoms. The van der Waals surface area contributed by atoms with Crippen molar-refractivity contribution in [1.29, 1.82) is 0 Å². The summed E-state index contributed by atoms with van der Waals surface area (Å²) in [6, 6.07) is 30.3. The van der Waals surface area contributed by atoms with Crippen LogP contribution in [-0.4, -0.2) is 46.2 Å². The third-order valence-electron chi connectivity index (χ3n) is 7.59. The highest BCUT2D eigenvalue weighted by molar-refractivity contribution is 6.07. The SMILES string of the molecule is CCCCN(CC(=O)N(CCc1c[nH]c2ccccc12)Cc1ccc(C)cc1)C(=O)c1cccc2ccccc12. The zero-order valence-electron chi connectivity index (χ0n) is 23.4. The Labute approximate surface area is 236 Å². The molecule has 204 valence electrons. The number of amides is 2. The summed E-state index contributed by atoms with van der Waals surface area (Å²) >= 11 is 0. The van der Waals surface area contributed by atoms with Gasteiger partial charge in [0.25, 0.3) is 5.91 Å². The number of rotatable bonds is 11. The van der Waals surface area contributed by atoms with Crippen LogP contribution in [0.4, 0.5) is 0 Å². The van der Waals surface area contributed by atoms with Crippen LogP contribution in [0.1, 0.15) is 46.8 Å². The zero-order valence-corrected chi connectivity index (χ0v) is 23.4. The van der Waals surface area contributed by atoms with Gasteiger partial charge in [-0.15, -0.1) is 0 Å². The molecule has 0 radical (unpaired) electrons. The monoisotopic (exact) mass is 531 g/mol. The Kier molecular flexibility index (Phi) is 8.60. The van der Waals surface area contributed by atoms with E-state index in [-0.39, 0.29) is 18.4 Å². The number of para-hydroxylation sites is 1. The Balaban J connectivity index is 1.39. The number of aromatic amines is 1. The van der Waals surface area contributed by atoms with E-state index in [1.807, 2.05) is 65.7 Å². The Bertz CT molecular complexity index is 1600. The van der Waals surface area contributed by atoms with E-state index in [1.165, 1.54) is 16.5 Å². The summed E-state index contributed by atoms with van der Waals surface area (Å²) in [5.74, 6) is -0.129. The van der Waals surface area contributed by atoms with Crippen molar-refractivity contribution in [2.75, 3.05) is 19.6 Å². The third kappa shape index (κ3) is 6.26. The van der Waals surface area contributed by atoms with E-state index >= 15 is 0 Å². The van der Waals surface area contributed by atoms with Gasteiger partial charge >= 0.3 is 0 Å². The molecular weight excluding hydrogens is 494 g/mol. The molecule has 0 aliphatic carbocycles. The largest absolute Gasteiger partial charge is 0.361 e. The number of carbonyl (C=O) groups excluding carboxylic acids is 2. The quantitative estimate of drug-likeness (QED) is 0.197. The summed E-state index contributed by atoms with van der Waals surface area (Å²) in [6.07, 6.45) is 4.56. The minimum atomic E-state index is -0.0921. The lowest BCUT2D eigenvalue weighted by Crippen LogP contribution is -2.43. The van der Waals surface area contributed by atoms with Gasteiger partial charge in [0.1, 0.15) is 6.54 Å². The number of nitrogens with zero attached hydrogens (tertiary/aromatic N) is 2. The summed E-state index contributed by atoms with van der Waals surface area (Å²) in [4.78, 5) is 34.8. The van der Waals surface area contributed by atoms with E-state index < -0.39 is 0 Å². The first-order valence-corrected chi connectivity index (χ1v) is 14.2. The van der Waals surface area contributed by atoms with Crippen molar-refractivity contribution >= 4 is 33.5 Å². The summed E-state index contributed by atoms with van der Waals surface area (Å²) in [6.45, 7) is 5.85. The summed E-state index contributed by atoms with van der Waals surface area (Å²) in [7, 11) is 0. The Morgan fingerprint density at radius 3 is 2.30 bits per heavy atom. The van der Waals surface area contributed by atoms with E-state index in [0.29, 0.717) is 25.2 Å². The van der Waals surface area contributed by atoms with Crippen LogP contribution in [-0.2, 0) is 17.8 Å². The molecule has 0 aliphatic rings. The van der Waals surface area contributed by atoms with Gasteiger partial charge in [0.2, 0.25) is 5.91 Å². The van der Waals surface area contributed by atoms with Crippen LogP contribution in [0.25, 0.3) is 21.7 Å². The normalized spacial score (nSPS) is 11.2. The Morgan fingerprint density at radius 1 is 0.775 bits per heavy atom. The number of aromatic nitrogens is 1. The summed E-state index contributed by atoms with van der Waals surface area (Å²) < 4.78 is 0. The maximum atomic E-state index is 13.9. The standard InChI is InChI=1S/C35H37N3O2/c1-3-4-21-38(35(40)32-14-9-11-28-10-5-6-12-30(28)32)25-34(39)37(24-27-18-16-26(2)17-19-27)22-20-29-23-36-33-15-8-7-13-31(29)33/h5-19,23,36H,3-4,20-22,24-25H2,1-2H3. The fraction of sp³-hybridized carbons (Fsp3) is 0.257.